The predicted molar refractivity (Wildman–Crippen MR) is 44.2 cm³/mol. The van der Waals surface area contributed by atoms with Crippen LogP contribution in [0.4, 0.5) is 0 Å². The molecule has 1 heterocycles. The lowest BCUT2D eigenvalue weighted by atomic mass is 10.4. The Hall–Kier alpha value is -0.0100. The quantitative estimate of drug-likeness (QED) is 0.562. The zero-order valence-corrected chi connectivity index (χ0v) is 7.64. The fourth-order valence-electron chi connectivity index (χ4n) is 1.17. The Morgan fingerprint density at radius 3 is 2.75 bits per heavy atom. The fraction of sp³-hybridized carbons (Fsp3) is 1.00. The van der Waals surface area contributed by atoms with Crippen LogP contribution >= 0.6 is 0 Å². The van der Waals surface area contributed by atoms with Gasteiger partial charge >= 0.3 is 0 Å². The lowest BCUT2D eigenvalue weighted by Gasteiger charge is -2.26. The maximum Gasteiger partial charge on any atom is 0.0842 e. The van der Waals surface area contributed by atoms with Crippen molar-refractivity contribution in [3.05, 3.63) is 0 Å². The molecule has 1 rings (SSSR count). The molecule has 1 atom stereocenters. The Labute approximate surface area is 74.6 Å². The minimum atomic E-state index is -2.36. The van der Waals surface area contributed by atoms with Gasteiger partial charge in [0.25, 0.3) is 0 Å². The number of nitrogens with zero attached hydrogens (tertiary/aromatic N) is 1. The van der Waals surface area contributed by atoms with Crippen LogP contribution < -0.4 is 5.32 Å². The molecule has 1 N–H and O–H groups in total. The summed E-state index contributed by atoms with van der Waals surface area (Å²) in [6.07, 6.45) is 0. The average molecular weight is 193 g/mol. The molecule has 0 aromatic rings. The highest BCUT2D eigenvalue weighted by atomic mass is 32.2. The minimum Gasteiger partial charge on any atom is -0.750 e. The summed E-state index contributed by atoms with van der Waals surface area (Å²) in [5.41, 5.74) is 0. The highest BCUT2D eigenvalue weighted by molar-refractivity contribution is 7.74. The monoisotopic (exact) mass is 193 g/mol. The van der Waals surface area contributed by atoms with Gasteiger partial charge in [0, 0.05) is 32.7 Å². The van der Waals surface area contributed by atoms with Gasteiger partial charge in [0.2, 0.25) is 0 Å². The summed E-state index contributed by atoms with van der Waals surface area (Å²) in [6.45, 7) is 4.83. The van der Waals surface area contributed by atoms with Gasteiger partial charge in [0.15, 0.2) is 0 Å². The molecule has 1 saturated heterocycles. The van der Waals surface area contributed by atoms with E-state index in [1.54, 1.807) is 0 Å². The summed E-state index contributed by atoms with van der Waals surface area (Å²) in [6, 6.07) is 0. The standard InChI is InChI=1S/C6H14N2O3S/c9-12(10)11-6-5-8-3-1-7-2-4-8/h7H,1-6H2,(H,9,10)/p-1. The van der Waals surface area contributed by atoms with Crippen LogP contribution in [0.25, 0.3) is 0 Å². The first kappa shape index (κ1) is 10.1. The van der Waals surface area contributed by atoms with Crippen molar-refractivity contribution < 1.29 is 12.9 Å². The van der Waals surface area contributed by atoms with Crippen molar-refractivity contribution in [2.24, 2.45) is 0 Å². The Morgan fingerprint density at radius 1 is 1.50 bits per heavy atom. The van der Waals surface area contributed by atoms with Crippen LogP contribution in [0.15, 0.2) is 0 Å². The van der Waals surface area contributed by atoms with Gasteiger partial charge < -0.3 is 9.87 Å². The van der Waals surface area contributed by atoms with Gasteiger partial charge in [-0.3, -0.25) is 9.08 Å². The van der Waals surface area contributed by atoms with Crippen molar-refractivity contribution in [1.82, 2.24) is 10.2 Å². The van der Waals surface area contributed by atoms with Gasteiger partial charge in [-0.15, -0.1) is 0 Å². The Balaban J connectivity index is 2.01. The van der Waals surface area contributed by atoms with Gasteiger partial charge in [0.1, 0.15) is 0 Å². The molecule has 72 valence electrons. The van der Waals surface area contributed by atoms with Crippen molar-refractivity contribution >= 4 is 11.4 Å². The molecule has 6 heteroatoms. The van der Waals surface area contributed by atoms with Crippen LogP contribution in [0.1, 0.15) is 0 Å². The topological polar surface area (TPSA) is 64.6 Å². The molecule has 0 bridgehead atoms. The number of rotatable bonds is 4. The number of hydrogen-bond donors (Lipinski definition) is 1. The Bertz CT molecular complexity index is 150. The van der Waals surface area contributed by atoms with E-state index < -0.39 is 11.4 Å². The van der Waals surface area contributed by atoms with E-state index in [1.165, 1.54) is 0 Å². The second kappa shape index (κ2) is 5.60. The summed E-state index contributed by atoms with van der Waals surface area (Å²) >= 11 is -2.36. The molecule has 1 unspecified atom stereocenters. The minimum absolute atomic E-state index is 0.260. The predicted octanol–water partition coefficient (Wildman–Crippen LogP) is -1.30. The molecular formula is C6H13N2O3S-. The smallest absolute Gasteiger partial charge is 0.0842 e. The first-order chi connectivity index (χ1) is 5.79. The third-order valence-electron chi connectivity index (χ3n) is 1.80. The van der Waals surface area contributed by atoms with E-state index in [2.05, 4.69) is 14.4 Å². The van der Waals surface area contributed by atoms with Crippen molar-refractivity contribution in [2.75, 3.05) is 39.3 Å². The zero-order valence-electron chi connectivity index (χ0n) is 6.82. The van der Waals surface area contributed by atoms with E-state index >= 15 is 0 Å². The van der Waals surface area contributed by atoms with E-state index in [0.717, 1.165) is 26.2 Å². The molecule has 0 saturated carbocycles. The van der Waals surface area contributed by atoms with E-state index in [0.29, 0.717) is 6.54 Å². The zero-order chi connectivity index (χ0) is 8.81. The molecule has 5 nitrogen and oxygen atoms in total. The molecule has 1 fully saturated rings. The average Bonchev–Trinajstić information content (AvgIpc) is 2.05. The van der Waals surface area contributed by atoms with Crippen molar-refractivity contribution in [1.29, 1.82) is 0 Å². The summed E-state index contributed by atoms with van der Waals surface area (Å²) in [5, 5.41) is 3.21. The van der Waals surface area contributed by atoms with E-state index in [-0.39, 0.29) is 6.61 Å². The summed E-state index contributed by atoms with van der Waals surface area (Å²) < 4.78 is 24.4. The lowest BCUT2D eigenvalue weighted by Crippen LogP contribution is -2.44. The molecule has 0 aromatic heterocycles. The third kappa shape index (κ3) is 4.13. The van der Waals surface area contributed by atoms with Crippen molar-refractivity contribution in [3.8, 4) is 0 Å². The molecular weight excluding hydrogens is 180 g/mol. The highest BCUT2D eigenvalue weighted by Crippen LogP contribution is 1.91. The van der Waals surface area contributed by atoms with Gasteiger partial charge in [-0.05, 0) is 0 Å². The summed E-state index contributed by atoms with van der Waals surface area (Å²) in [5.74, 6) is 0. The Kier molecular flexibility index (Phi) is 4.70. The van der Waals surface area contributed by atoms with Gasteiger partial charge in [0.05, 0.1) is 18.0 Å². The molecule has 0 aromatic carbocycles. The number of hydrogen-bond acceptors (Lipinski definition) is 5. The van der Waals surface area contributed by atoms with Gasteiger partial charge in [-0.1, -0.05) is 0 Å². The van der Waals surface area contributed by atoms with E-state index in [9.17, 15) is 8.76 Å². The molecule has 1 aliphatic heterocycles. The second-order valence-electron chi connectivity index (χ2n) is 2.62. The normalized spacial score (nSPS) is 22.4. The molecule has 0 amide bonds. The van der Waals surface area contributed by atoms with E-state index in [1.807, 2.05) is 0 Å². The van der Waals surface area contributed by atoms with Crippen molar-refractivity contribution in [2.45, 2.75) is 0 Å². The van der Waals surface area contributed by atoms with Crippen LogP contribution in [-0.2, 0) is 15.5 Å². The van der Waals surface area contributed by atoms with E-state index in [4.69, 9.17) is 0 Å². The molecule has 12 heavy (non-hydrogen) atoms. The largest absolute Gasteiger partial charge is 0.750 e. The van der Waals surface area contributed by atoms with Crippen LogP contribution in [-0.4, -0.2) is 53.0 Å². The van der Waals surface area contributed by atoms with Crippen LogP contribution in [0.5, 0.6) is 0 Å². The Morgan fingerprint density at radius 2 is 2.17 bits per heavy atom. The summed E-state index contributed by atoms with van der Waals surface area (Å²) in [7, 11) is 0. The third-order valence-corrected chi connectivity index (χ3v) is 2.16. The maximum atomic E-state index is 9.99. The van der Waals surface area contributed by atoms with Gasteiger partial charge in [-0.25, -0.2) is 4.21 Å². The first-order valence-electron chi connectivity index (χ1n) is 3.94. The fourth-order valence-corrected chi connectivity index (χ4v) is 1.38. The first-order valence-corrected chi connectivity index (χ1v) is 4.94. The number of piperazine rings is 1. The second-order valence-corrected chi connectivity index (χ2v) is 3.26. The molecule has 1 aliphatic rings. The molecule has 0 aliphatic carbocycles. The maximum absolute atomic E-state index is 9.99. The highest BCUT2D eigenvalue weighted by Gasteiger charge is 2.08. The van der Waals surface area contributed by atoms with Crippen molar-refractivity contribution in [3.63, 3.8) is 0 Å². The lowest BCUT2D eigenvalue weighted by molar-refractivity contribution is 0.191. The molecule has 0 radical (unpaired) electrons. The van der Waals surface area contributed by atoms with Gasteiger partial charge in [-0.2, -0.15) is 0 Å². The SMILES string of the molecule is O=S([O-])OCCN1CCNCC1. The summed E-state index contributed by atoms with van der Waals surface area (Å²) in [4.78, 5) is 2.17. The van der Waals surface area contributed by atoms with Crippen LogP contribution in [0.2, 0.25) is 0 Å². The van der Waals surface area contributed by atoms with Crippen LogP contribution in [0.3, 0.4) is 0 Å². The molecule has 0 spiro atoms. The number of nitrogens with one attached hydrogen (secondary N) is 1. The van der Waals surface area contributed by atoms with Crippen LogP contribution in [0, 0.1) is 0 Å².